The Kier molecular flexibility index (Phi) is 17.1. The van der Waals surface area contributed by atoms with E-state index in [4.69, 9.17) is 5.11 Å². The molecule has 0 aromatic carbocycles. The van der Waals surface area contributed by atoms with Gasteiger partial charge in [0.2, 0.25) is 0 Å². The summed E-state index contributed by atoms with van der Waals surface area (Å²) in [6, 6.07) is 0. The normalized spacial score (nSPS) is 11.7. The van der Waals surface area contributed by atoms with Crippen LogP contribution in [-0.2, 0) is 4.79 Å². The summed E-state index contributed by atoms with van der Waals surface area (Å²) in [6.45, 7) is 2.25. The summed E-state index contributed by atoms with van der Waals surface area (Å²) < 4.78 is 0. The first-order chi connectivity index (χ1) is 10.8. The Morgan fingerprint density at radius 1 is 0.682 bits per heavy atom. The average molecular weight is 309 g/mol. The summed E-state index contributed by atoms with van der Waals surface area (Å²) >= 11 is 0. The van der Waals surface area contributed by atoms with Crippen LogP contribution in [0.5, 0.6) is 0 Å². The Labute approximate surface area is 137 Å². The first kappa shape index (κ1) is 20.9. The third kappa shape index (κ3) is 18.9. The number of carboxylic acids is 1. The van der Waals surface area contributed by atoms with E-state index in [-0.39, 0.29) is 0 Å². The molecule has 1 N–H and O–H groups in total. The van der Waals surface area contributed by atoms with Crippen LogP contribution in [0.2, 0.25) is 0 Å². The molecular formula is C20H36O2. The first-order valence-corrected chi connectivity index (χ1v) is 9.31. The zero-order chi connectivity index (χ0) is 16.3. The number of rotatable bonds is 16. The molecule has 128 valence electrons. The lowest BCUT2D eigenvalue weighted by Crippen LogP contribution is -1.85. The van der Waals surface area contributed by atoms with Crippen LogP contribution in [-0.4, -0.2) is 11.1 Å². The molecule has 2 nitrogen and oxygen atoms in total. The molecule has 0 spiro atoms. The lowest BCUT2D eigenvalue weighted by molar-refractivity contribution is -0.131. The van der Waals surface area contributed by atoms with Gasteiger partial charge in [0.05, 0.1) is 0 Å². The molecule has 0 radical (unpaired) electrons. The minimum Gasteiger partial charge on any atom is -0.478 e. The number of allylic oxidation sites excluding steroid dienone is 3. The molecule has 0 aliphatic rings. The topological polar surface area (TPSA) is 37.3 Å². The molecule has 0 rings (SSSR count). The van der Waals surface area contributed by atoms with E-state index in [1.165, 1.54) is 83.1 Å². The van der Waals surface area contributed by atoms with Crippen molar-refractivity contribution in [1.29, 1.82) is 0 Å². The van der Waals surface area contributed by atoms with Gasteiger partial charge in [0.25, 0.3) is 0 Å². The lowest BCUT2D eigenvalue weighted by atomic mass is 10.1. The van der Waals surface area contributed by atoms with Gasteiger partial charge in [-0.2, -0.15) is 0 Å². The van der Waals surface area contributed by atoms with Gasteiger partial charge in [-0.1, -0.05) is 76.5 Å². The Morgan fingerprint density at radius 3 is 1.55 bits per heavy atom. The van der Waals surface area contributed by atoms with Crippen LogP contribution >= 0.6 is 0 Å². The third-order valence-electron chi connectivity index (χ3n) is 3.89. The molecule has 2 heteroatoms. The zero-order valence-electron chi connectivity index (χ0n) is 14.6. The standard InChI is InChI=1S/C20H36O2/c1-2-3-4-5-6-7-8-9-10-11-12-13-14-15-16-17-18-19-20(21)22/h6-7,18-19H,2-5,8-17H2,1H3,(H,21,22)/b7-6?,19-18-. The number of unbranched alkanes of at least 4 members (excludes halogenated alkanes) is 12. The van der Waals surface area contributed by atoms with Crippen molar-refractivity contribution in [2.75, 3.05) is 0 Å². The van der Waals surface area contributed by atoms with Gasteiger partial charge < -0.3 is 5.11 Å². The van der Waals surface area contributed by atoms with E-state index in [2.05, 4.69) is 19.1 Å². The van der Waals surface area contributed by atoms with E-state index in [1.54, 1.807) is 6.08 Å². The van der Waals surface area contributed by atoms with Crippen molar-refractivity contribution in [1.82, 2.24) is 0 Å². The second-order valence-corrected chi connectivity index (χ2v) is 6.11. The number of carboxylic acid groups (broad SMARTS) is 1. The van der Waals surface area contributed by atoms with Crippen LogP contribution in [0, 0.1) is 0 Å². The summed E-state index contributed by atoms with van der Waals surface area (Å²) in [4.78, 5) is 10.3. The molecule has 0 amide bonds. The molecule has 0 aromatic rings. The van der Waals surface area contributed by atoms with Crippen molar-refractivity contribution in [3.8, 4) is 0 Å². The van der Waals surface area contributed by atoms with Crippen molar-refractivity contribution in [2.45, 2.75) is 96.8 Å². The molecule has 0 aliphatic carbocycles. The maximum absolute atomic E-state index is 10.3. The number of hydrogen-bond acceptors (Lipinski definition) is 1. The van der Waals surface area contributed by atoms with Crippen molar-refractivity contribution in [3.05, 3.63) is 24.3 Å². The van der Waals surface area contributed by atoms with E-state index in [1.807, 2.05) is 0 Å². The van der Waals surface area contributed by atoms with Crippen molar-refractivity contribution < 1.29 is 9.90 Å². The maximum Gasteiger partial charge on any atom is 0.327 e. The Balaban J connectivity index is 3.09. The Bertz CT molecular complexity index is 292. The number of carbonyl (C=O) groups is 1. The average Bonchev–Trinajstić information content (AvgIpc) is 2.50. The largest absolute Gasteiger partial charge is 0.478 e. The van der Waals surface area contributed by atoms with Gasteiger partial charge in [-0.15, -0.1) is 0 Å². The number of hydrogen-bond donors (Lipinski definition) is 1. The highest BCUT2D eigenvalue weighted by molar-refractivity contribution is 5.79. The monoisotopic (exact) mass is 308 g/mol. The highest BCUT2D eigenvalue weighted by atomic mass is 16.4. The van der Waals surface area contributed by atoms with Crippen LogP contribution < -0.4 is 0 Å². The minimum atomic E-state index is -0.837. The Morgan fingerprint density at radius 2 is 1.09 bits per heavy atom. The molecule has 0 bridgehead atoms. The molecule has 0 heterocycles. The zero-order valence-corrected chi connectivity index (χ0v) is 14.6. The minimum absolute atomic E-state index is 0.837. The Hall–Kier alpha value is -1.05. The number of aliphatic carboxylic acids is 1. The van der Waals surface area contributed by atoms with E-state index < -0.39 is 5.97 Å². The first-order valence-electron chi connectivity index (χ1n) is 9.31. The van der Waals surface area contributed by atoms with Gasteiger partial charge >= 0.3 is 5.97 Å². The fourth-order valence-corrected chi connectivity index (χ4v) is 2.52. The van der Waals surface area contributed by atoms with Gasteiger partial charge in [-0.3, -0.25) is 0 Å². The maximum atomic E-state index is 10.3. The van der Waals surface area contributed by atoms with Gasteiger partial charge in [-0.25, -0.2) is 4.79 Å². The fraction of sp³-hybridized carbons (Fsp3) is 0.750. The van der Waals surface area contributed by atoms with Crippen LogP contribution in [0.15, 0.2) is 24.3 Å². The SMILES string of the molecule is CCCCCC=CCCCCCCCCCC/C=C\C(=O)O. The predicted molar refractivity (Wildman–Crippen MR) is 96.2 cm³/mol. The van der Waals surface area contributed by atoms with Gasteiger partial charge in [0.15, 0.2) is 0 Å². The van der Waals surface area contributed by atoms with Crippen LogP contribution in [0.1, 0.15) is 96.8 Å². The highest BCUT2D eigenvalue weighted by Gasteiger charge is 1.92. The second kappa shape index (κ2) is 18.0. The van der Waals surface area contributed by atoms with Gasteiger partial charge in [0, 0.05) is 6.08 Å². The summed E-state index contributed by atoms with van der Waals surface area (Å²) in [7, 11) is 0. The van der Waals surface area contributed by atoms with Crippen LogP contribution in [0.4, 0.5) is 0 Å². The third-order valence-corrected chi connectivity index (χ3v) is 3.89. The van der Waals surface area contributed by atoms with E-state index >= 15 is 0 Å². The lowest BCUT2D eigenvalue weighted by Gasteiger charge is -2.00. The summed E-state index contributed by atoms with van der Waals surface area (Å²) in [5.41, 5.74) is 0. The van der Waals surface area contributed by atoms with Gasteiger partial charge in [-0.05, 0) is 38.5 Å². The smallest absolute Gasteiger partial charge is 0.327 e. The molecule has 0 atom stereocenters. The van der Waals surface area contributed by atoms with Crippen molar-refractivity contribution in [2.24, 2.45) is 0 Å². The molecule has 0 saturated carbocycles. The molecular weight excluding hydrogens is 272 g/mol. The molecule has 0 saturated heterocycles. The second-order valence-electron chi connectivity index (χ2n) is 6.11. The summed E-state index contributed by atoms with van der Waals surface area (Å²) in [5.74, 6) is -0.837. The predicted octanol–water partition coefficient (Wildman–Crippen LogP) is 6.66. The molecule has 0 unspecified atom stereocenters. The highest BCUT2D eigenvalue weighted by Crippen LogP contribution is 2.11. The van der Waals surface area contributed by atoms with E-state index in [0.29, 0.717) is 0 Å². The van der Waals surface area contributed by atoms with Gasteiger partial charge in [0.1, 0.15) is 0 Å². The molecule has 0 fully saturated rings. The van der Waals surface area contributed by atoms with Crippen LogP contribution in [0.3, 0.4) is 0 Å². The van der Waals surface area contributed by atoms with Crippen molar-refractivity contribution >= 4 is 5.97 Å². The quantitative estimate of drug-likeness (QED) is 0.196. The molecule has 0 aliphatic heterocycles. The van der Waals surface area contributed by atoms with E-state index in [9.17, 15) is 4.79 Å². The van der Waals surface area contributed by atoms with E-state index in [0.717, 1.165) is 12.8 Å². The molecule has 22 heavy (non-hydrogen) atoms. The van der Waals surface area contributed by atoms with Crippen molar-refractivity contribution in [3.63, 3.8) is 0 Å². The molecule has 0 aromatic heterocycles. The van der Waals surface area contributed by atoms with Crippen LogP contribution in [0.25, 0.3) is 0 Å². The fourth-order valence-electron chi connectivity index (χ4n) is 2.52. The summed E-state index contributed by atoms with van der Waals surface area (Å²) in [6.07, 6.45) is 25.5. The summed E-state index contributed by atoms with van der Waals surface area (Å²) in [5, 5.41) is 8.45.